The summed E-state index contributed by atoms with van der Waals surface area (Å²) < 4.78 is 81.7. The van der Waals surface area contributed by atoms with Crippen molar-refractivity contribution in [1.29, 1.82) is 0 Å². The summed E-state index contributed by atoms with van der Waals surface area (Å²) in [6.07, 6.45) is -8.99. The number of rotatable bonds is 5. The van der Waals surface area contributed by atoms with E-state index in [2.05, 4.69) is 9.47 Å². The summed E-state index contributed by atoms with van der Waals surface area (Å²) in [6, 6.07) is 2.96. The normalized spacial score (nSPS) is 13.9. The van der Waals surface area contributed by atoms with E-state index in [9.17, 15) is 26.3 Å². The SMILES string of the molecule is CCCC(C)c1c(OC(F)(F)F)cccc1OC(F)(F)F. The molecule has 1 unspecified atom stereocenters. The minimum absolute atomic E-state index is 0.242. The first kappa shape index (κ1) is 17.5. The molecule has 0 spiro atoms. The van der Waals surface area contributed by atoms with Crippen molar-refractivity contribution in [2.24, 2.45) is 0 Å². The van der Waals surface area contributed by atoms with Gasteiger partial charge in [0, 0.05) is 5.56 Å². The lowest BCUT2D eigenvalue weighted by Gasteiger charge is -2.21. The molecule has 8 heteroatoms. The highest BCUT2D eigenvalue weighted by atomic mass is 19.4. The average Bonchev–Trinajstić information content (AvgIpc) is 2.24. The average molecular weight is 316 g/mol. The highest BCUT2D eigenvalue weighted by Gasteiger charge is 2.36. The van der Waals surface area contributed by atoms with Crippen LogP contribution in [-0.4, -0.2) is 12.7 Å². The molecule has 21 heavy (non-hydrogen) atoms. The number of benzene rings is 1. The molecule has 0 saturated heterocycles. The van der Waals surface area contributed by atoms with E-state index < -0.39 is 30.1 Å². The van der Waals surface area contributed by atoms with Crippen LogP contribution in [0.2, 0.25) is 0 Å². The minimum Gasteiger partial charge on any atom is -0.405 e. The molecule has 2 nitrogen and oxygen atoms in total. The largest absolute Gasteiger partial charge is 0.573 e. The van der Waals surface area contributed by atoms with Gasteiger partial charge in [-0.2, -0.15) is 0 Å². The van der Waals surface area contributed by atoms with Crippen LogP contribution in [0.5, 0.6) is 11.5 Å². The van der Waals surface area contributed by atoms with Crippen molar-refractivity contribution in [2.45, 2.75) is 45.3 Å². The van der Waals surface area contributed by atoms with Gasteiger partial charge >= 0.3 is 12.7 Å². The van der Waals surface area contributed by atoms with Crippen molar-refractivity contribution in [2.75, 3.05) is 0 Å². The van der Waals surface area contributed by atoms with Crippen LogP contribution in [0.4, 0.5) is 26.3 Å². The molecular formula is C13H14F6O2. The van der Waals surface area contributed by atoms with E-state index in [-0.39, 0.29) is 5.56 Å². The Kier molecular flexibility index (Phi) is 5.36. The Morgan fingerprint density at radius 1 is 0.952 bits per heavy atom. The summed E-state index contributed by atoms with van der Waals surface area (Å²) in [5, 5.41) is 0. The number of hydrogen-bond acceptors (Lipinski definition) is 2. The van der Waals surface area contributed by atoms with E-state index in [0.29, 0.717) is 12.8 Å². The maximum atomic E-state index is 12.4. The third-order valence-electron chi connectivity index (χ3n) is 2.69. The second kappa shape index (κ2) is 6.44. The Bertz CT molecular complexity index is 432. The molecule has 120 valence electrons. The highest BCUT2D eigenvalue weighted by Crippen LogP contribution is 2.41. The summed E-state index contributed by atoms with van der Waals surface area (Å²) in [5.41, 5.74) is -0.242. The molecule has 1 aromatic rings. The van der Waals surface area contributed by atoms with Crippen LogP contribution in [0.15, 0.2) is 18.2 Å². The van der Waals surface area contributed by atoms with E-state index in [4.69, 9.17) is 0 Å². The Hall–Kier alpha value is -1.60. The lowest BCUT2D eigenvalue weighted by atomic mass is 9.94. The van der Waals surface area contributed by atoms with E-state index in [1.54, 1.807) is 6.92 Å². The summed E-state index contributed by atoms with van der Waals surface area (Å²) in [4.78, 5) is 0. The van der Waals surface area contributed by atoms with Crippen molar-refractivity contribution in [3.05, 3.63) is 23.8 Å². The molecule has 0 N–H and O–H groups in total. The molecule has 1 atom stereocenters. The van der Waals surface area contributed by atoms with Crippen LogP contribution < -0.4 is 9.47 Å². The van der Waals surface area contributed by atoms with Gasteiger partial charge in [-0.1, -0.05) is 26.3 Å². The quantitative estimate of drug-likeness (QED) is 0.678. The van der Waals surface area contributed by atoms with Gasteiger partial charge in [0.2, 0.25) is 0 Å². The second-order valence-corrected chi connectivity index (χ2v) is 4.45. The maximum Gasteiger partial charge on any atom is 0.573 e. The minimum atomic E-state index is -4.99. The number of halogens is 6. The standard InChI is InChI=1S/C13H14F6O2/c1-3-5-8(2)11-9(20-12(14,15)16)6-4-7-10(11)21-13(17,18)19/h4,6-8H,3,5H2,1-2H3. The van der Waals surface area contributed by atoms with Crippen LogP contribution in [0.25, 0.3) is 0 Å². The van der Waals surface area contributed by atoms with Gasteiger partial charge in [-0.15, -0.1) is 26.3 Å². The fourth-order valence-electron chi connectivity index (χ4n) is 2.01. The lowest BCUT2D eigenvalue weighted by Crippen LogP contribution is -2.21. The third-order valence-corrected chi connectivity index (χ3v) is 2.69. The van der Waals surface area contributed by atoms with Gasteiger partial charge in [-0.25, -0.2) is 0 Å². The van der Waals surface area contributed by atoms with E-state index in [0.717, 1.165) is 18.2 Å². The predicted molar refractivity (Wildman–Crippen MR) is 63.1 cm³/mol. The smallest absolute Gasteiger partial charge is 0.405 e. The van der Waals surface area contributed by atoms with E-state index in [1.807, 2.05) is 0 Å². The molecule has 0 aromatic heterocycles. The number of ether oxygens (including phenoxy) is 2. The van der Waals surface area contributed by atoms with Crippen molar-refractivity contribution in [1.82, 2.24) is 0 Å². The van der Waals surface area contributed by atoms with Gasteiger partial charge in [0.15, 0.2) is 0 Å². The van der Waals surface area contributed by atoms with Crippen molar-refractivity contribution < 1.29 is 35.8 Å². The lowest BCUT2D eigenvalue weighted by molar-refractivity contribution is -0.277. The van der Waals surface area contributed by atoms with Crippen molar-refractivity contribution in [3.63, 3.8) is 0 Å². The molecule has 0 aliphatic heterocycles. The number of alkyl halides is 6. The van der Waals surface area contributed by atoms with Crippen LogP contribution >= 0.6 is 0 Å². The highest BCUT2D eigenvalue weighted by molar-refractivity contribution is 5.47. The molecule has 1 aromatic carbocycles. The summed E-state index contributed by atoms with van der Waals surface area (Å²) in [6.45, 7) is 3.29. The first-order valence-electron chi connectivity index (χ1n) is 6.18. The zero-order valence-corrected chi connectivity index (χ0v) is 11.3. The Labute approximate surface area is 117 Å². The van der Waals surface area contributed by atoms with Crippen molar-refractivity contribution >= 4 is 0 Å². The zero-order chi connectivity index (χ0) is 16.3. The summed E-state index contributed by atoms with van der Waals surface area (Å²) in [5.74, 6) is -1.93. The molecule has 0 amide bonds. The van der Waals surface area contributed by atoms with E-state index in [1.165, 1.54) is 6.92 Å². The monoisotopic (exact) mass is 316 g/mol. The summed E-state index contributed by atoms with van der Waals surface area (Å²) in [7, 11) is 0. The molecule has 0 radical (unpaired) electrons. The Morgan fingerprint density at radius 3 is 1.71 bits per heavy atom. The Morgan fingerprint density at radius 2 is 1.38 bits per heavy atom. The van der Waals surface area contributed by atoms with Crippen LogP contribution in [0.1, 0.15) is 38.2 Å². The van der Waals surface area contributed by atoms with Gasteiger partial charge in [-0.05, 0) is 24.5 Å². The maximum absolute atomic E-state index is 12.4. The fourth-order valence-corrected chi connectivity index (χ4v) is 2.01. The van der Waals surface area contributed by atoms with Crippen LogP contribution in [0.3, 0.4) is 0 Å². The van der Waals surface area contributed by atoms with Crippen LogP contribution in [-0.2, 0) is 0 Å². The van der Waals surface area contributed by atoms with Crippen molar-refractivity contribution in [3.8, 4) is 11.5 Å². The Balaban J connectivity index is 3.27. The predicted octanol–water partition coefficient (Wildman–Crippen LogP) is 5.39. The van der Waals surface area contributed by atoms with Crippen LogP contribution in [0, 0.1) is 0 Å². The van der Waals surface area contributed by atoms with Gasteiger partial charge < -0.3 is 9.47 Å². The second-order valence-electron chi connectivity index (χ2n) is 4.45. The van der Waals surface area contributed by atoms with Gasteiger partial charge in [0.1, 0.15) is 11.5 Å². The van der Waals surface area contributed by atoms with E-state index >= 15 is 0 Å². The first-order chi connectivity index (χ1) is 9.53. The molecule has 0 saturated carbocycles. The summed E-state index contributed by atoms with van der Waals surface area (Å²) >= 11 is 0. The third kappa shape index (κ3) is 5.73. The van der Waals surface area contributed by atoms with Gasteiger partial charge in [-0.3, -0.25) is 0 Å². The molecule has 0 aliphatic rings. The molecule has 0 bridgehead atoms. The molecular weight excluding hydrogens is 302 g/mol. The zero-order valence-electron chi connectivity index (χ0n) is 11.3. The molecule has 0 heterocycles. The molecule has 1 rings (SSSR count). The van der Waals surface area contributed by atoms with Gasteiger partial charge in [0.25, 0.3) is 0 Å². The molecule has 0 fully saturated rings. The van der Waals surface area contributed by atoms with Gasteiger partial charge in [0.05, 0.1) is 0 Å². The molecule has 0 aliphatic carbocycles. The first-order valence-corrected chi connectivity index (χ1v) is 6.18. The number of hydrogen-bond donors (Lipinski definition) is 0. The fraction of sp³-hybridized carbons (Fsp3) is 0.538. The topological polar surface area (TPSA) is 18.5 Å².